The van der Waals surface area contributed by atoms with Gasteiger partial charge in [0.05, 0.1) is 0 Å². The summed E-state index contributed by atoms with van der Waals surface area (Å²) in [5.74, 6) is -0.0216. The van der Waals surface area contributed by atoms with Gasteiger partial charge in [-0.3, -0.25) is 4.79 Å². The molecule has 0 fully saturated rings. The van der Waals surface area contributed by atoms with E-state index in [0.29, 0.717) is 0 Å². The summed E-state index contributed by atoms with van der Waals surface area (Å²) in [6.45, 7) is 3.52. The Kier molecular flexibility index (Phi) is 6.47. The fraction of sp³-hybridized carbons (Fsp3) is 0.750. The molecule has 0 aliphatic rings. The lowest BCUT2D eigenvalue weighted by Crippen LogP contribution is -1.95. The zero-order chi connectivity index (χ0) is 5.15. The van der Waals surface area contributed by atoms with Gasteiger partial charge >= 0.3 is 0 Å². The second-order valence-electron chi connectivity index (χ2n) is 1.46. The number of carbonyl (C=O) groups excluding carboxylic acids is 1. The van der Waals surface area contributed by atoms with Crippen molar-refractivity contribution in [1.29, 1.82) is 0 Å². The lowest BCUT2D eigenvalue weighted by molar-refractivity contribution is -0.114. The fourth-order valence-corrected chi connectivity index (χ4v) is 0. The van der Waals surface area contributed by atoms with Crippen molar-refractivity contribution in [3.8, 4) is 0 Å². The quantitative estimate of drug-likeness (QED) is 0.511. The summed E-state index contributed by atoms with van der Waals surface area (Å²) >= 11 is 4.97. The van der Waals surface area contributed by atoms with Crippen LogP contribution in [0.25, 0.3) is 0 Å². The fourth-order valence-electron chi connectivity index (χ4n) is 0. The van der Waals surface area contributed by atoms with Crippen molar-refractivity contribution in [3.63, 3.8) is 0 Å². The molecule has 0 aromatic carbocycles. The molecule has 0 saturated heterocycles. The SMILES string of the molecule is CC(C)C(=O)Cl.Cl. The van der Waals surface area contributed by atoms with Gasteiger partial charge in [0.25, 0.3) is 0 Å². The van der Waals surface area contributed by atoms with E-state index >= 15 is 0 Å². The second-order valence-corrected chi connectivity index (χ2v) is 1.83. The average Bonchev–Trinajstić information content (AvgIpc) is 1.36. The minimum absolute atomic E-state index is 0. The van der Waals surface area contributed by atoms with E-state index in [1.54, 1.807) is 13.8 Å². The third-order valence-electron chi connectivity index (χ3n) is 0.454. The summed E-state index contributed by atoms with van der Waals surface area (Å²) < 4.78 is 0. The van der Waals surface area contributed by atoms with Crippen molar-refractivity contribution >= 4 is 29.3 Å². The topological polar surface area (TPSA) is 17.1 Å². The summed E-state index contributed by atoms with van der Waals surface area (Å²) in [6, 6.07) is 0. The Balaban J connectivity index is 0. The maximum Gasteiger partial charge on any atom is 0.224 e. The maximum atomic E-state index is 9.91. The summed E-state index contributed by atoms with van der Waals surface area (Å²) in [7, 11) is 0. The standard InChI is InChI=1S/C4H7ClO.ClH/c1-3(2)4(5)6;/h3H,1-2H3;1H. The molecule has 0 amide bonds. The molecule has 1 nitrogen and oxygen atoms in total. The smallest absolute Gasteiger partial charge is 0.224 e. The molecule has 0 aliphatic heterocycles. The van der Waals surface area contributed by atoms with Crippen molar-refractivity contribution in [2.45, 2.75) is 13.8 Å². The van der Waals surface area contributed by atoms with Crippen molar-refractivity contribution in [1.82, 2.24) is 0 Å². The van der Waals surface area contributed by atoms with Crippen LogP contribution in [0.5, 0.6) is 0 Å². The Morgan fingerprint density at radius 2 is 1.71 bits per heavy atom. The summed E-state index contributed by atoms with van der Waals surface area (Å²) in [6.07, 6.45) is 0. The second kappa shape index (κ2) is 4.41. The maximum absolute atomic E-state index is 9.91. The third kappa shape index (κ3) is 6.25. The molecule has 0 aliphatic carbocycles. The minimum atomic E-state index is -0.269. The van der Waals surface area contributed by atoms with Gasteiger partial charge in [0.1, 0.15) is 0 Å². The molecule has 0 bridgehead atoms. The lowest BCUT2D eigenvalue weighted by Gasteiger charge is -1.88. The molecule has 0 unspecified atom stereocenters. The predicted molar refractivity (Wildman–Crippen MR) is 32.9 cm³/mol. The van der Waals surface area contributed by atoms with Crippen LogP contribution in [0.3, 0.4) is 0 Å². The average molecular weight is 143 g/mol. The van der Waals surface area contributed by atoms with E-state index in [4.69, 9.17) is 11.6 Å². The van der Waals surface area contributed by atoms with E-state index in [1.807, 2.05) is 0 Å². The van der Waals surface area contributed by atoms with Crippen LogP contribution in [0.1, 0.15) is 13.8 Å². The summed E-state index contributed by atoms with van der Waals surface area (Å²) in [4.78, 5) is 9.91. The van der Waals surface area contributed by atoms with Gasteiger partial charge in [0.2, 0.25) is 5.24 Å². The molecule has 7 heavy (non-hydrogen) atoms. The molecule has 0 saturated carbocycles. The van der Waals surface area contributed by atoms with Crippen LogP contribution < -0.4 is 0 Å². The molecule has 3 heteroatoms. The van der Waals surface area contributed by atoms with Crippen LogP contribution in [-0.2, 0) is 4.79 Å². The van der Waals surface area contributed by atoms with Crippen LogP contribution in [0.2, 0.25) is 0 Å². The van der Waals surface area contributed by atoms with Crippen LogP contribution in [-0.4, -0.2) is 5.24 Å². The van der Waals surface area contributed by atoms with Gasteiger partial charge in [-0.05, 0) is 11.6 Å². The van der Waals surface area contributed by atoms with E-state index < -0.39 is 0 Å². The molecule has 0 N–H and O–H groups in total. The largest absolute Gasteiger partial charge is 0.281 e. The molecule has 0 aromatic heterocycles. The van der Waals surface area contributed by atoms with Gasteiger partial charge in [0, 0.05) is 5.92 Å². The van der Waals surface area contributed by atoms with Crippen molar-refractivity contribution in [2.24, 2.45) is 5.92 Å². The molecule has 0 rings (SSSR count). The molecule has 0 heterocycles. The van der Waals surface area contributed by atoms with Gasteiger partial charge in [0.15, 0.2) is 0 Å². The van der Waals surface area contributed by atoms with Crippen LogP contribution in [0.4, 0.5) is 0 Å². The lowest BCUT2D eigenvalue weighted by atomic mass is 10.3. The Morgan fingerprint density at radius 3 is 1.71 bits per heavy atom. The highest BCUT2D eigenvalue weighted by atomic mass is 35.5. The molecule has 0 spiro atoms. The van der Waals surface area contributed by atoms with E-state index in [-0.39, 0.29) is 23.6 Å². The highest BCUT2D eigenvalue weighted by molar-refractivity contribution is 6.63. The first kappa shape index (κ1) is 10.3. The first-order valence-electron chi connectivity index (χ1n) is 1.84. The molecule has 0 atom stereocenters. The van der Waals surface area contributed by atoms with Crippen LogP contribution in [0, 0.1) is 5.92 Å². The monoisotopic (exact) mass is 142 g/mol. The molecule has 0 radical (unpaired) electrons. The molecule has 44 valence electrons. The zero-order valence-corrected chi connectivity index (χ0v) is 5.84. The Hall–Kier alpha value is 0.250. The number of halogens is 2. The number of hydrogen-bond acceptors (Lipinski definition) is 1. The molecular formula is C4H8Cl2O. The van der Waals surface area contributed by atoms with Crippen molar-refractivity contribution in [3.05, 3.63) is 0 Å². The van der Waals surface area contributed by atoms with Crippen molar-refractivity contribution < 1.29 is 4.79 Å². The highest BCUT2D eigenvalue weighted by Gasteiger charge is 1.98. The van der Waals surface area contributed by atoms with Crippen LogP contribution >= 0.6 is 24.0 Å². The Bertz CT molecular complexity index is 60.7. The third-order valence-corrected chi connectivity index (χ3v) is 0.890. The van der Waals surface area contributed by atoms with E-state index in [0.717, 1.165) is 0 Å². The van der Waals surface area contributed by atoms with Gasteiger partial charge in [-0.1, -0.05) is 13.8 Å². The minimum Gasteiger partial charge on any atom is -0.281 e. The summed E-state index contributed by atoms with van der Waals surface area (Å²) in [5, 5.41) is -0.269. The van der Waals surface area contributed by atoms with Gasteiger partial charge < -0.3 is 0 Å². The van der Waals surface area contributed by atoms with Gasteiger partial charge in [-0.15, -0.1) is 12.4 Å². The Morgan fingerprint density at radius 1 is 1.57 bits per heavy atom. The first-order valence-corrected chi connectivity index (χ1v) is 2.21. The van der Waals surface area contributed by atoms with Crippen LogP contribution in [0.15, 0.2) is 0 Å². The first-order chi connectivity index (χ1) is 2.64. The summed E-state index contributed by atoms with van der Waals surface area (Å²) in [5.41, 5.74) is 0. The normalized spacial score (nSPS) is 8.00. The highest BCUT2D eigenvalue weighted by Crippen LogP contribution is 1.95. The van der Waals surface area contributed by atoms with Gasteiger partial charge in [-0.2, -0.15) is 0 Å². The van der Waals surface area contributed by atoms with E-state index in [2.05, 4.69) is 0 Å². The Labute approximate surface area is 54.5 Å². The van der Waals surface area contributed by atoms with Gasteiger partial charge in [-0.25, -0.2) is 0 Å². The number of hydrogen-bond donors (Lipinski definition) is 0. The number of carbonyl (C=O) groups is 1. The van der Waals surface area contributed by atoms with E-state index in [1.165, 1.54) is 0 Å². The van der Waals surface area contributed by atoms with Crippen molar-refractivity contribution in [2.75, 3.05) is 0 Å². The zero-order valence-electron chi connectivity index (χ0n) is 4.27. The number of rotatable bonds is 1. The predicted octanol–water partition coefficient (Wildman–Crippen LogP) is 1.83. The molecule has 0 aromatic rings. The molecular weight excluding hydrogens is 135 g/mol. The van der Waals surface area contributed by atoms with E-state index in [9.17, 15) is 4.79 Å².